The molecule has 2 aliphatic carbocycles. The van der Waals surface area contributed by atoms with Gasteiger partial charge < -0.3 is 0 Å². The van der Waals surface area contributed by atoms with Crippen LogP contribution in [0.1, 0.15) is 31.2 Å². The van der Waals surface area contributed by atoms with Crippen LogP contribution in [0, 0.1) is 17.3 Å². The minimum atomic E-state index is 0.840. The molecule has 1 heterocycles. The smallest absolute Gasteiger partial charge is 0.0233 e. The first kappa shape index (κ1) is 10.1. The van der Waals surface area contributed by atoms with Crippen LogP contribution in [0.25, 0.3) is 0 Å². The average molecular weight is 227 g/mol. The summed E-state index contributed by atoms with van der Waals surface area (Å²) in [6.45, 7) is 3.90. The van der Waals surface area contributed by atoms with Crippen LogP contribution in [0.4, 0.5) is 0 Å². The summed E-state index contributed by atoms with van der Waals surface area (Å²) in [5, 5.41) is 0. The molecule has 0 N–H and O–H groups in total. The molecule has 0 aromatic heterocycles. The molecular weight excluding hydrogens is 206 g/mol. The Morgan fingerprint density at radius 3 is 2.24 bits per heavy atom. The van der Waals surface area contributed by atoms with Crippen LogP contribution in [0.5, 0.6) is 0 Å². The average Bonchev–Trinajstić information content (AvgIpc) is 3.08. The maximum atomic E-state index is 2.71. The van der Waals surface area contributed by atoms with Crippen LogP contribution in [0.2, 0.25) is 0 Å². The molecule has 3 aliphatic rings. The summed E-state index contributed by atoms with van der Waals surface area (Å²) >= 11 is 0. The van der Waals surface area contributed by atoms with Crippen LogP contribution in [-0.4, -0.2) is 18.0 Å². The normalized spacial score (nSPS) is 34.1. The first-order valence-corrected chi connectivity index (χ1v) is 7.13. The van der Waals surface area contributed by atoms with E-state index >= 15 is 0 Å². The van der Waals surface area contributed by atoms with Crippen molar-refractivity contribution in [1.29, 1.82) is 0 Å². The number of piperidine rings is 1. The van der Waals surface area contributed by atoms with E-state index in [1.54, 1.807) is 12.8 Å². The van der Waals surface area contributed by atoms with Gasteiger partial charge in [0.2, 0.25) is 0 Å². The Bertz CT molecular complexity index is 391. The van der Waals surface area contributed by atoms with Crippen LogP contribution in [0.15, 0.2) is 30.3 Å². The highest BCUT2D eigenvalue weighted by molar-refractivity contribution is 5.16. The number of benzene rings is 1. The summed E-state index contributed by atoms with van der Waals surface area (Å²) in [5.74, 6) is 2.06. The summed E-state index contributed by atoms with van der Waals surface area (Å²) < 4.78 is 0. The van der Waals surface area contributed by atoms with Gasteiger partial charge in [0.25, 0.3) is 0 Å². The van der Waals surface area contributed by atoms with E-state index in [-0.39, 0.29) is 0 Å². The number of hydrogen-bond acceptors (Lipinski definition) is 1. The molecule has 1 saturated heterocycles. The maximum Gasteiger partial charge on any atom is 0.0233 e. The standard InChI is InChI=1S/C16H21N/c1-2-4-13(5-3-1)10-17-11-14-6-7-15(12-17)16(14)8-9-16/h1-5,14-15H,6-12H2/t14-,15+. The molecule has 1 nitrogen and oxygen atoms in total. The Morgan fingerprint density at radius 2 is 1.65 bits per heavy atom. The zero-order valence-electron chi connectivity index (χ0n) is 10.4. The summed E-state index contributed by atoms with van der Waals surface area (Å²) in [6, 6.07) is 11.0. The Hall–Kier alpha value is -0.820. The summed E-state index contributed by atoms with van der Waals surface area (Å²) in [5.41, 5.74) is 2.33. The molecule has 4 rings (SSSR count). The first-order chi connectivity index (χ1) is 8.37. The third kappa shape index (κ3) is 1.55. The minimum absolute atomic E-state index is 0.840. The molecule has 1 aromatic carbocycles. The Morgan fingerprint density at radius 1 is 1.00 bits per heavy atom. The zero-order valence-corrected chi connectivity index (χ0v) is 10.4. The molecule has 2 saturated carbocycles. The van der Waals surface area contributed by atoms with Crippen molar-refractivity contribution < 1.29 is 0 Å². The van der Waals surface area contributed by atoms with Crippen LogP contribution < -0.4 is 0 Å². The van der Waals surface area contributed by atoms with Crippen LogP contribution >= 0.6 is 0 Å². The zero-order chi connectivity index (χ0) is 11.3. The van der Waals surface area contributed by atoms with Crippen molar-refractivity contribution in [3.8, 4) is 0 Å². The van der Waals surface area contributed by atoms with Crippen molar-refractivity contribution in [2.75, 3.05) is 13.1 Å². The van der Waals surface area contributed by atoms with Gasteiger partial charge in [-0.3, -0.25) is 4.90 Å². The SMILES string of the molecule is c1ccc(CN2C[C@H]3CC[C@@H](C2)C32CC2)cc1. The lowest BCUT2D eigenvalue weighted by Gasteiger charge is -2.38. The predicted molar refractivity (Wildman–Crippen MR) is 69.6 cm³/mol. The third-order valence-corrected chi connectivity index (χ3v) is 5.52. The summed E-state index contributed by atoms with van der Waals surface area (Å²) in [4.78, 5) is 2.71. The monoisotopic (exact) mass is 227 g/mol. The van der Waals surface area contributed by atoms with E-state index in [2.05, 4.69) is 35.2 Å². The van der Waals surface area contributed by atoms with Crippen molar-refractivity contribution >= 4 is 0 Å². The molecule has 3 fully saturated rings. The van der Waals surface area contributed by atoms with Gasteiger partial charge in [-0.15, -0.1) is 0 Å². The highest BCUT2D eigenvalue weighted by Crippen LogP contribution is 2.66. The van der Waals surface area contributed by atoms with Crippen LogP contribution in [0.3, 0.4) is 0 Å². The number of hydrogen-bond donors (Lipinski definition) is 0. The fraction of sp³-hybridized carbons (Fsp3) is 0.625. The molecule has 0 unspecified atom stereocenters. The number of rotatable bonds is 2. The molecular formula is C16H21N. The highest BCUT2D eigenvalue weighted by atomic mass is 15.2. The topological polar surface area (TPSA) is 3.24 Å². The van der Waals surface area contributed by atoms with Crippen molar-refractivity contribution in [2.24, 2.45) is 17.3 Å². The molecule has 0 amide bonds. The van der Waals surface area contributed by atoms with Crippen molar-refractivity contribution in [3.63, 3.8) is 0 Å². The van der Waals surface area contributed by atoms with Gasteiger partial charge in [-0.25, -0.2) is 0 Å². The quantitative estimate of drug-likeness (QED) is 0.749. The van der Waals surface area contributed by atoms with E-state index in [0.717, 1.165) is 17.3 Å². The number of likely N-dealkylation sites (tertiary alicyclic amines) is 1. The van der Waals surface area contributed by atoms with Crippen molar-refractivity contribution in [3.05, 3.63) is 35.9 Å². The van der Waals surface area contributed by atoms with Gasteiger partial charge >= 0.3 is 0 Å². The van der Waals surface area contributed by atoms with Gasteiger partial charge in [-0.1, -0.05) is 30.3 Å². The lowest BCUT2D eigenvalue weighted by Crippen LogP contribution is -2.42. The first-order valence-electron chi connectivity index (χ1n) is 7.13. The maximum absolute atomic E-state index is 2.71. The number of nitrogens with zero attached hydrogens (tertiary/aromatic N) is 1. The fourth-order valence-corrected chi connectivity index (χ4v) is 4.49. The molecule has 1 aromatic rings. The minimum Gasteiger partial charge on any atom is -0.298 e. The van der Waals surface area contributed by atoms with E-state index in [9.17, 15) is 0 Å². The summed E-state index contributed by atoms with van der Waals surface area (Å²) in [7, 11) is 0. The van der Waals surface area contributed by atoms with E-state index in [4.69, 9.17) is 0 Å². The van der Waals surface area contributed by atoms with E-state index in [0.29, 0.717) is 0 Å². The second kappa shape index (κ2) is 3.58. The third-order valence-electron chi connectivity index (χ3n) is 5.52. The van der Waals surface area contributed by atoms with Gasteiger partial charge in [-0.2, -0.15) is 0 Å². The summed E-state index contributed by atoms with van der Waals surface area (Å²) in [6.07, 6.45) is 6.11. The van der Waals surface area contributed by atoms with Crippen molar-refractivity contribution in [1.82, 2.24) is 4.90 Å². The van der Waals surface area contributed by atoms with Gasteiger partial charge in [0.1, 0.15) is 0 Å². The van der Waals surface area contributed by atoms with Crippen molar-refractivity contribution in [2.45, 2.75) is 32.2 Å². The largest absolute Gasteiger partial charge is 0.298 e. The van der Waals surface area contributed by atoms with E-state index in [1.165, 1.54) is 38.0 Å². The highest BCUT2D eigenvalue weighted by Gasteiger charge is 2.60. The van der Waals surface area contributed by atoms with E-state index in [1.807, 2.05) is 0 Å². The van der Waals surface area contributed by atoms with Crippen LogP contribution in [-0.2, 0) is 6.54 Å². The molecule has 2 atom stereocenters. The molecule has 1 spiro atoms. The lowest BCUT2D eigenvalue weighted by atomic mass is 9.81. The van der Waals surface area contributed by atoms with Gasteiger partial charge in [0.15, 0.2) is 0 Å². The molecule has 0 radical (unpaired) electrons. The fourth-order valence-electron chi connectivity index (χ4n) is 4.49. The Kier molecular flexibility index (Phi) is 2.14. The molecule has 1 aliphatic heterocycles. The second-order valence-corrected chi connectivity index (χ2v) is 6.38. The van der Waals surface area contributed by atoms with Gasteiger partial charge in [0, 0.05) is 19.6 Å². The predicted octanol–water partition coefficient (Wildman–Crippen LogP) is 3.31. The Labute approximate surface area is 104 Å². The molecule has 90 valence electrons. The molecule has 2 bridgehead atoms. The second-order valence-electron chi connectivity index (χ2n) is 6.38. The van der Waals surface area contributed by atoms with E-state index < -0.39 is 0 Å². The lowest BCUT2D eigenvalue weighted by molar-refractivity contribution is 0.0879. The Balaban J connectivity index is 1.48. The molecule has 1 heteroatoms. The van der Waals surface area contributed by atoms with Gasteiger partial charge in [-0.05, 0) is 48.5 Å². The molecule has 17 heavy (non-hydrogen) atoms. The van der Waals surface area contributed by atoms with Gasteiger partial charge in [0.05, 0.1) is 0 Å².